The van der Waals surface area contributed by atoms with Gasteiger partial charge in [-0.15, -0.1) is 12.8 Å². The van der Waals surface area contributed by atoms with Crippen LogP contribution < -0.4 is 10.6 Å². The topological polar surface area (TPSA) is 89.8 Å². The highest BCUT2D eigenvalue weighted by atomic mass is 35.5. The number of carbonyl (C=O) groups excluding carboxylic acids is 2. The third kappa shape index (κ3) is 8.80. The molecule has 2 amide bonds. The van der Waals surface area contributed by atoms with E-state index in [0.717, 1.165) is 0 Å². The maximum atomic E-state index is 11.9. The number of carbonyl (C=O) groups is 2. The molecule has 0 spiro atoms. The van der Waals surface area contributed by atoms with E-state index in [1.165, 1.54) is 0 Å². The Morgan fingerprint density at radius 1 is 0.639 bits per heavy atom. The minimum Gasteiger partial charge on any atom is -0.352 e. The van der Waals surface area contributed by atoms with Crippen molar-refractivity contribution < 1.29 is 9.59 Å². The number of amides is 2. The van der Waals surface area contributed by atoms with E-state index >= 15 is 0 Å². The number of halogens is 2. The molecule has 2 aromatic heterocycles. The lowest BCUT2D eigenvalue weighted by Gasteiger charge is -2.05. The Balaban J connectivity index is 0.000000237. The Hall–Kier alpha value is -3.74. The second-order valence-electron chi connectivity index (χ2n) is 6.75. The molecular formula is C26H20Cl2N4O2S2. The Labute approximate surface area is 228 Å². The monoisotopic (exact) mass is 554 g/mol. The Morgan fingerprint density at radius 2 is 0.972 bits per heavy atom. The number of hydrogen-bond donors (Lipinski definition) is 4. The van der Waals surface area contributed by atoms with E-state index in [0.29, 0.717) is 41.8 Å². The fraction of sp³-hybridized carbons (Fsp3) is 0. The van der Waals surface area contributed by atoms with E-state index in [1.807, 2.05) is 0 Å². The minimum absolute atomic E-state index is 0.242. The Kier molecular flexibility index (Phi) is 11.6. The van der Waals surface area contributed by atoms with Gasteiger partial charge in [0.25, 0.3) is 11.8 Å². The summed E-state index contributed by atoms with van der Waals surface area (Å²) in [5.41, 5.74) is 2.24. The number of H-pyrrole nitrogens is 2. The van der Waals surface area contributed by atoms with Crippen molar-refractivity contribution in [3.8, 4) is 12.8 Å². The zero-order valence-corrected chi connectivity index (χ0v) is 21.8. The van der Waals surface area contributed by atoms with E-state index in [9.17, 15) is 9.59 Å². The molecule has 10 heteroatoms. The first-order valence-electron chi connectivity index (χ1n) is 10.2. The summed E-state index contributed by atoms with van der Waals surface area (Å²) in [5.74, 6) is -0.483. The van der Waals surface area contributed by atoms with Crippen LogP contribution in [0.3, 0.4) is 0 Å². The molecule has 2 heterocycles. The van der Waals surface area contributed by atoms with Gasteiger partial charge in [0, 0.05) is 33.8 Å². The number of benzene rings is 2. The summed E-state index contributed by atoms with van der Waals surface area (Å²) in [6.07, 6.45) is 11.4. The van der Waals surface area contributed by atoms with Crippen molar-refractivity contribution in [1.29, 1.82) is 0 Å². The van der Waals surface area contributed by atoms with Crippen LogP contribution in [0.5, 0.6) is 0 Å². The molecule has 0 aliphatic carbocycles. The van der Waals surface area contributed by atoms with Crippen molar-refractivity contribution >= 4 is 70.8 Å². The van der Waals surface area contributed by atoms with Gasteiger partial charge in [0.1, 0.15) is 9.28 Å². The van der Waals surface area contributed by atoms with E-state index in [4.69, 9.17) is 47.6 Å². The van der Waals surface area contributed by atoms with Gasteiger partial charge in [-0.05, 0) is 72.8 Å². The molecule has 6 nitrogen and oxygen atoms in total. The molecule has 0 radical (unpaired) electrons. The molecule has 0 aliphatic heterocycles. The number of anilines is 2. The van der Waals surface area contributed by atoms with E-state index in [1.54, 1.807) is 85.2 Å². The lowest BCUT2D eigenvalue weighted by Crippen LogP contribution is -2.12. The van der Waals surface area contributed by atoms with Gasteiger partial charge >= 0.3 is 0 Å². The number of terminal acetylenes is 1. The lowest BCUT2D eigenvalue weighted by molar-refractivity contribution is 0.101. The summed E-state index contributed by atoms with van der Waals surface area (Å²) in [6.45, 7) is 0. The van der Waals surface area contributed by atoms with E-state index in [-0.39, 0.29) is 11.8 Å². The van der Waals surface area contributed by atoms with Crippen molar-refractivity contribution in [2.24, 2.45) is 0 Å². The smallest absolute Gasteiger partial charge is 0.258 e. The summed E-state index contributed by atoms with van der Waals surface area (Å²) in [5, 5.41) is 6.73. The van der Waals surface area contributed by atoms with E-state index in [2.05, 4.69) is 33.4 Å². The van der Waals surface area contributed by atoms with Crippen LogP contribution >= 0.6 is 47.6 Å². The van der Waals surface area contributed by atoms with Gasteiger partial charge in [-0.1, -0.05) is 47.6 Å². The largest absolute Gasteiger partial charge is 0.352 e. The first kappa shape index (κ1) is 28.5. The van der Waals surface area contributed by atoms with Gasteiger partial charge in [0.05, 0.1) is 11.1 Å². The molecule has 4 rings (SSSR count). The average Bonchev–Trinajstić information content (AvgIpc) is 2.89. The predicted octanol–water partition coefficient (Wildman–Crippen LogP) is 7.55. The van der Waals surface area contributed by atoms with Gasteiger partial charge in [-0.25, -0.2) is 0 Å². The fourth-order valence-corrected chi connectivity index (χ4v) is 3.37. The number of aromatic amines is 2. The summed E-state index contributed by atoms with van der Waals surface area (Å²) in [6, 6.07) is 20.6. The van der Waals surface area contributed by atoms with Crippen LogP contribution in [0, 0.1) is 22.1 Å². The van der Waals surface area contributed by atoms with Gasteiger partial charge in [-0.3, -0.25) is 9.59 Å². The molecule has 36 heavy (non-hydrogen) atoms. The van der Waals surface area contributed by atoms with Crippen LogP contribution in [0.1, 0.15) is 20.7 Å². The summed E-state index contributed by atoms with van der Waals surface area (Å²) < 4.78 is 0.831. The van der Waals surface area contributed by atoms with Gasteiger partial charge in [0.15, 0.2) is 0 Å². The highest BCUT2D eigenvalue weighted by molar-refractivity contribution is 7.71. The lowest BCUT2D eigenvalue weighted by atomic mass is 10.2. The van der Waals surface area contributed by atoms with Crippen molar-refractivity contribution in [1.82, 2.24) is 9.97 Å². The minimum atomic E-state index is -0.242. The standard InChI is InChI=1S/2C12H9ClN2OS.C2H2/c2*13-8-3-5-9(6-4-8)15-11(16)10-2-1-7-14-12(10)17;1-2/h2*1-7H,(H,14,17)(H,15,16);1-2H. The zero-order chi connectivity index (χ0) is 26.5. The number of rotatable bonds is 4. The fourth-order valence-electron chi connectivity index (χ4n) is 2.66. The number of hydrogen-bond acceptors (Lipinski definition) is 4. The quantitative estimate of drug-likeness (QED) is 0.155. The summed E-state index contributed by atoms with van der Waals surface area (Å²) >= 11 is 21.6. The number of pyridine rings is 2. The van der Waals surface area contributed by atoms with E-state index < -0.39 is 0 Å². The summed E-state index contributed by atoms with van der Waals surface area (Å²) in [4.78, 5) is 29.4. The molecule has 0 saturated heterocycles. The van der Waals surface area contributed by atoms with Crippen LogP contribution in [-0.2, 0) is 0 Å². The van der Waals surface area contributed by atoms with Crippen LogP contribution in [0.2, 0.25) is 10.0 Å². The molecule has 182 valence electrons. The second kappa shape index (κ2) is 14.6. The van der Waals surface area contributed by atoms with Gasteiger partial charge < -0.3 is 20.6 Å². The number of aromatic nitrogens is 2. The molecule has 4 N–H and O–H groups in total. The predicted molar refractivity (Wildman–Crippen MR) is 152 cm³/mol. The van der Waals surface area contributed by atoms with Crippen molar-refractivity contribution in [3.05, 3.63) is 116 Å². The normalized spacial score (nSPS) is 9.44. The molecule has 0 bridgehead atoms. The molecule has 0 atom stereocenters. The number of nitrogens with one attached hydrogen (secondary N) is 4. The van der Waals surface area contributed by atoms with Crippen molar-refractivity contribution in [2.75, 3.05) is 10.6 Å². The maximum Gasteiger partial charge on any atom is 0.258 e. The Morgan fingerprint density at radius 3 is 1.28 bits per heavy atom. The molecule has 0 saturated carbocycles. The molecule has 0 fully saturated rings. The molecular weight excluding hydrogens is 535 g/mol. The van der Waals surface area contributed by atoms with Gasteiger partial charge in [0.2, 0.25) is 0 Å². The van der Waals surface area contributed by atoms with Gasteiger partial charge in [-0.2, -0.15) is 0 Å². The highest BCUT2D eigenvalue weighted by Gasteiger charge is 2.08. The highest BCUT2D eigenvalue weighted by Crippen LogP contribution is 2.15. The zero-order valence-electron chi connectivity index (χ0n) is 18.6. The van der Waals surface area contributed by atoms with Crippen LogP contribution in [0.15, 0.2) is 85.2 Å². The van der Waals surface area contributed by atoms with Crippen molar-refractivity contribution in [2.45, 2.75) is 0 Å². The van der Waals surface area contributed by atoms with Crippen molar-refractivity contribution in [3.63, 3.8) is 0 Å². The third-order valence-corrected chi connectivity index (χ3v) is 5.51. The molecule has 4 aromatic rings. The van der Waals surface area contributed by atoms with Crippen LogP contribution in [-0.4, -0.2) is 21.8 Å². The van der Waals surface area contributed by atoms with Crippen LogP contribution in [0.4, 0.5) is 11.4 Å². The average molecular weight is 556 g/mol. The SMILES string of the molecule is C#C.O=C(Nc1ccc(Cl)cc1)c1ccc[nH]c1=S.O=C(Nc1ccc(Cl)cc1)c1ccc[nH]c1=S. The molecule has 2 aromatic carbocycles. The molecule has 0 aliphatic rings. The first-order chi connectivity index (χ1) is 17.3. The maximum absolute atomic E-state index is 11.9. The second-order valence-corrected chi connectivity index (χ2v) is 8.44. The summed E-state index contributed by atoms with van der Waals surface area (Å²) in [7, 11) is 0. The third-order valence-electron chi connectivity index (χ3n) is 4.33. The Bertz CT molecular complexity index is 1340. The molecule has 0 unspecified atom stereocenters. The van der Waals surface area contributed by atoms with Crippen LogP contribution in [0.25, 0.3) is 0 Å². The first-order valence-corrected chi connectivity index (χ1v) is 11.7.